The second-order valence-electron chi connectivity index (χ2n) is 5.31. The minimum Gasteiger partial charge on any atom is -0.508 e. The SMILES string of the molecule is [2H]c1cc(C([2H])(CN(C)C([2H])([2H])[2H])C2(O)CCCCC2)cc([2H])c1O. The van der Waals surface area contributed by atoms with Gasteiger partial charge in [-0.1, -0.05) is 31.4 Å². The van der Waals surface area contributed by atoms with Crippen LogP contribution in [0.3, 0.4) is 0 Å². The van der Waals surface area contributed by atoms with Gasteiger partial charge in [-0.25, -0.2) is 0 Å². The normalized spacial score (nSPS) is 27.3. The van der Waals surface area contributed by atoms with E-state index < -0.39 is 24.2 Å². The number of phenolic OH excluding ortho intramolecular Hbond substituents is 1. The Balaban J connectivity index is 2.56. The minimum atomic E-state index is -2.43. The topological polar surface area (TPSA) is 43.7 Å². The van der Waals surface area contributed by atoms with Crippen molar-refractivity contribution in [3.8, 4) is 5.75 Å². The number of nitrogens with zero attached hydrogens (tertiary/aromatic N) is 1. The van der Waals surface area contributed by atoms with Crippen molar-refractivity contribution in [3.05, 3.63) is 29.8 Å². The zero-order chi connectivity index (χ0) is 19.0. The summed E-state index contributed by atoms with van der Waals surface area (Å²) in [5, 5.41) is 20.9. The molecule has 0 aromatic heterocycles. The summed E-state index contributed by atoms with van der Waals surface area (Å²) >= 11 is 0. The van der Waals surface area contributed by atoms with Crippen molar-refractivity contribution >= 4 is 0 Å². The lowest BCUT2D eigenvalue weighted by atomic mass is 9.72. The molecule has 3 heteroatoms. The summed E-state index contributed by atoms with van der Waals surface area (Å²) in [4.78, 5) is 1.03. The van der Waals surface area contributed by atoms with Gasteiger partial charge in [-0.05, 0) is 44.5 Å². The summed E-state index contributed by atoms with van der Waals surface area (Å²) < 4.78 is 47.3. The first kappa shape index (κ1) is 8.28. The van der Waals surface area contributed by atoms with E-state index >= 15 is 0 Å². The molecular formula is C16H25NO2. The van der Waals surface area contributed by atoms with E-state index in [1.54, 1.807) is 0 Å². The van der Waals surface area contributed by atoms with E-state index in [1.807, 2.05) is 0 Å². The van der Waals surface area contributed by atoms with Crippen LogP contribution in [-0.4, -0.2) is 41.3 Å². The van der Waals surface area contributed by atoms with E-state index in [4.69, 9.17) is 8.22 Å². The number of likely N-dealkylation sites (N-methyl/N-ethyl adjacent to an activating group) is 1. The molecule has 1 aromatic carbocycles. The van der Waals surface area contributed by atoms with Gasteiger partial charge < -0.3 is 15.1 Å². The Bertz CT molecular complexity index is 607. The van der Waals surface area contributed by atoms with Gasteiger partial charge in [0.05, 0.1) is 8.34 Å². The fourth-order valence-corrected chi connectivity index (χ4v) is 2.73. The quantitative estimate of drug-likeness (QED) is 0.883. The first-order valence-electron chi connectivity index (χ1n) is 9.65. The molecule has 1 aliphatic carbocycles. The zero-order valence-electron chi connectivity index (χ0n) is 17.2. The minimum absolute atomic E-state index is 0.181. The summed E-state index contributed by atoms with van der Waals surface area (Å²) in [6, 6.07) is 1.88. The lowest BCUT2D eigenvalue weighted by Gasteiger charge is -2.40. The van der Waals surface area contributed by atoms with Crippen LogP contribution in [0.1, 0.15) is 51.8 Å². The fraction of sp³-hybridized carbons (Fsp3) is 0.625. The first-order chi connectivity index (χ1) is 11.4. The van der Waals surface area contributed by atoms with E-state index in [0.717, 1.165) is 24.2 Å². The monoisotopic (exact) mass is 269 g/mol. The van der Waals surface area contributed by atoms with Gasteiger partial charge in [-0.3, -0.25) is 0 Å². The lowest BCUT2D eigenvalue weighted by Crippen LogP contribution is -2.42. The predicted octanol–water partition coefficient (Wildman–Crippen LogP) is 2.73. The molecule has 2 rings (SSSR count). The Kier molecular flexibility index (Phi) is 2.58. The van der Waals surface area contributed by atoms with Crippen LogP contribution in [0.25, 0.3) is 0 Å². The molecule has 1 aliphatic rings. The molecule has 0 amide bonds. The number of aromatic hydroxyl groups is 1. The highest BCUT2D eigenvalue weighted by Crippen LogP contribution is 2.40. The molecule has 1 fully saturated rings. The summed E-state index contributed by atoms with van der Waals surface area (Å²) in [5.41, 5.74) is -1.28. The van der Waals surface area contributed by atoms with Crippen molar-refractivity contribution in [2.24, 2.45) is 0 Å². The zero-order valence-corrected chi connectivity index (χ0v) is 11.2. The molecule has 3 nitrogen and oxygen atoms in total. The summed E-state index contributed by atoms with van der Waals surface area (Å²) in [6.07, 6.45) is 3.11. The number of hydrogen-bond donors (Lipinski definition) is 2. The van der Waals surface area contributed by atoms with Gasteiger partial charge in [0.25, 0.3) is 0 Å². The van der Waals surface area contributed by atoms with Gasteiger partial charge in [-0.15, -0.1) is 0 Å². The van der Waals surface area contributed by atoms with Gasteiger partial charge in [0.15, 0.2) is 0 Å². The van der Waals surface area contributed by atoms with Crippen molar-refractivity contribution in [2.45, 2.75) is 43.6 Å². The molecule has 1 saturated carbocycles. The maximum Gasteiger partial charge on any atom is 0.115 e. The highest BCUT2D eigenvalue weighted by atomic mass is 16.3. The van der Waals surface area contributed by atoms with Crippen LogP contribution in [0.15, 0.2) is 24.2 Å². The van der Waals surface area contributed by atoms with E-state index in [0.29, 0.717) is 12.8 Å². The molecule has 106 valence electrons. The van der Waals surface area contributed by atoms with Crippen LogP contribution in [0.5, 0.6) is 5.75 Å². The number of aliphatic hydroxyl groups is 1. The molecule has 0 heterocycles. The highest BCUT2D eigenvalue weighted by molar-refractivity contribution is 5.30. The van der Waals surface area contributed by atoms with Crippen LogP contribution in [0.4, 0.5) is 0 Å². The molecule has 0 radical (unpaired) electrons. The van der Waals surface area contributed by atoms with Gasteiger partial charge in [0, 0.05) is 17.9 Å². The molecule has 1 unspecified atom stereocenters. The molecule has 1 aromatic rings. The number of rotatable bonds is 4. The Morgan fingerprint density at radius 2 is 2.05 bits per heavy atom. The maximum atomic E-state index is 11.2. The van der Waals surface area contributed by atoms with Gasteiger partial charge >= 0.3 is 0 Å². The van der Waals surface area contributed by atoms with E-state index in [-0.39, 0.29) is 24.2 Å². The van der Waals surface area contributed by atoms with E-state index in [9.17, 15) is 10.2 Å². The largest absolute Gasteiger partial charge is 0.508 e. The maximum absolute atomic E-state index is 11.2. The van der Waals surface area contributed by atoms with Crippen molar-refractivity contribution in [3.63, 3.8) is 0 Å². The lowest BCUT2D eigenvalue weighted by molar-refractivity contribution is -0.0277. The van der Waals surface area contributed by atoms with Crippen LogP contribution >= 0.6 is 0 Å². The molecule has 19 heavy (non-hydrogen) atoms. The predicted molar refractivity (Wildman–Crippen MR) is 77.4 cm³/mol. The molecule has 1 atom stereocenters. The Morgan fingerprint density at radius 3 is 2.63 bits per heavy atom. The Hall–Kier alpha value is -1.06. The van der Waals surface area contributed by atoms with Crippen LogP contribution in [-0.2, 0) is 0 Å². The third-order valence-corrected chi connectivity index (χ3v) is 3.71. The van der Waals surface area contributed by atoms with Crippen molar-refractivity contribution in [2.75, 3.05) is 20.6 Å². The van der Waals surface area contributed by atoms with E-state index in [2.05, 4.69) is 0 Å². The van der Waals surface area contributed by atoms with Gasteiger partial charge in [-0.2, -0.15) is 0 Å². The summed E-state index contributed by atoms with van der Waals surface area (Å²) in [5.74, 6) is -2.22. The second-order valence-corrected chi connectivity index (χ2v) is 5.31. The number of phenols is 1. The smallest absolute Gasteiger partial charge is 0.115 e. The average Bonchev–Trinajstić information content (AvgIpc) is 2.51. The summed E-state index contributed by atoms with van der Waals surface area (Å²) in [6.45, 7) is -2.70. The standard InChI is InChI=1S/C16H25NO2/c1-17(2)12-15(13-6-8-14(18)9-7-13)16(19)10-4-3-5-11-16/h6-9,15,18-19H,3-5,10-12H2,1-2H3/i1D3,8D,9D,15D. The molecule has 0 aliphatic heterocycles. The van der Waals surface area contributed by atoms with Gasteiger partial charge in [0.2, 0.25) is 0 Å². The average molecular weight is 269 g/mol. The fourth-order valence-electron chi connectivity index (χ4n) is 2.73. The van der Waals surface area contributed by atoms with Crippen molar-refractivity contribution in [1.29, 1.82) is 0 Å². The molecule has 0 saturated heterocycles. The van der Waals surface area contributed by atoms with E-state index in [1.165, 1.54) is 19.2 Å². The Labute approximate surface area is 124 Å². The number of benzene rings is 1. The highest BCUT2D eigenvalue weighted by Gasteiger charge is 2.38. The van der Waals surface area contributed by atoms with Crippen molar-refractivity contribution < 1.29 is 18.4 Å². The third-order valence-electron chi connectivity index (χ3n) is 3.71. The first-order valence-corrected chi connectivity index (χ1v) is 6.65. The molecular weight excluding hydrogens is 238 g/mol. The van der Waals surface area contributed by atoms with Crippen LogP contribution in [0.2, 0.25) is 0 Å². The Morgan fingerprint density at radius 1 is 1.42 bits per heavy atom. The third kappa shape index (κ3) is 3.48. The molecule has 2 N–H and O–H groups in total. The second kappa shape index (κ2) is 5.93. The summed E-state index contributed by atoms with van der Waals surface area (Å²) in [7, 11) is 1.37. The van der Waals surface area contributed by atoms with Crippen LogP contribution in [0, 0.1) is 0 Å². The van der Waals surface area contributed by atoms with Crippen molar-refractivity contribution in [1.82, 2.24) is 4.90 Å². The van der Waals surface area contributed by atoms with Crippen LogP contribution < -0.4 is 0 Å². The molecule has 0 bridgehead atoms. The molecule has 0 spiro atoms. The number of hydrogen-bond acceptors (Lipinski definition) is 3. The van der Waals surface area contributed by atoms with Gasteiger partial charge in [0.1, 0.15) is 5.75 Å².